The number of pyridine rings is 1. The average Bonchev–Trinajstić information content (AvgIpc) is 3.42. The summed E-state index contributed by atoms with van der Waals surface area (Å²) >= 11 is 1.60. The summed E-state index contributed by atoms with van der Waals surface area (Å²) in [7, 11) is 1.59. The molecule has 10 nitrogen and oxygen atoms in total. The lowest BCUT2D eigenvalue weighted by atomic mass is 10.1. The molecule has 1 saturated heterocycles. The van der Waals surface area contributed by atoms with Crippen LogP contribution >= 0.6 is 11.3 Å². The number of methoxy groups -OCH3 is 1. The number of hydrogen-bond donors (Lipinski definition) is 2. The number of aromatic nitrogens is 4. The van der Waals surface area contributed by atoms with Gasteiger partial charge in [-0.3, -0.25) is 4.79 Å². The Balaban J connectivity index is 1.36. The molecule has 0 saturated carbocycles. The van der Waals surface area contributed by atoms with Crippen LogP contribution in [0.5, 0.6) is 5.75 Å². The number of aryl methyl sites for hydroxylation is 1. The molecule has 202 valence electrons. The van der Waals surface area contributed by atoms with E-state index < -0.39 is 0 Å². The number of carbonyl (C=O) groups excluding carboxylic acids is 1. The van der Waals surface area contributed by atoms with E-state index in [1.807, 2.05) is 41.3 Å². The van der Waals surface area contributed by atoms with Gasteiger partial charge in [0.15, 0.2) is 0 Å². The minimum atomic E-state index is -0.0964. The lowest BCUT2D eigenvalue weighted by Crippen LogP contribution is -2.48. The van der Waals surface area contributed by atoms with Crippen LogP contribution in [-0.4, -0.2) is 69.1 Å². The summed E-state index contributed by atoms with van der Waals surface area (Å²) in [5.74, 6) is 2.07. The number of ether oxygens (including phenoxy) is 1. The van der Waals surface area contributed by atoms with E-state index in [2.05, 4.69) is 27.1 Å². The van der Waals surface area contributed by atoms with Crippen molar-refractivity contribution in [2.75, 3.05) is 43.5 Å². The number of nitrogens with one attached hydrogen (secondary N) is 1. The number of aliphatic hydroxyl groups excluding tert-OH is 1. The minimum Gasteiger partial charge on any atom is -0.496 e. The molecule has 0 aliphatic carbocycles. The summed E-state index contributed by atoms with van der Waals surface area (Å²) in [6, 6.07) is 11.5. The zero-order chi connectivity index (χ0) is 27.4. The van der Waals surface area contributed by atoms with Gasteiger partial charge >= 0.3 is 0 Å². The van der Waals surface area contributed by atoms with Gasteiger partial charge in [-0.05, 0) is 30.7 Å². The van der Waals surface area contributed by atoms with E-state index in [1.54, 1.807) is 37.8 Å². The molecule has 0 atom stereocenters. The number of piperazine rings is 1. The van der Waals surface area contributed by atoms with E-state index in [1.165, 1.54) is 0 Å². The maximum absolute atomic E-state index is 11.6. The van der Waals surface area contributed by atoms with Crippen molar-refractivity contribution in [3.05, 3.63) is 59.4 Å². The molecule has 4 heterocycles. The Labute approximate surface area is 231 Å². The molecule has 39 heavy (non-hydrogen) atoms. The highest BCUT2D eigenvalue weighted by Gasteiger charge is 2.20. The fourth-order valence-corrected chi connectivity index (χ4v) is 5.47. The van der Waals surface area contributed by atoms with Crippen molar-refractivity contribution in [3.8, 4) is 27.6 Å². The normalized spacial score (nSPS) is 13.4. The van der Waals surface area contributed by atoms with Crippen LogP contribution in [0.4, 0.5) is 17.5 Å². The maximum Gasteiger partial charge on any atom is 0.227 e. The summed E-state index contributed by atoms with van der Waals surface area (Å²) in [5.41, 5.74) is 3.98. The van der Waals surface area contributed by atoms with Gasteiger partial charge in [0.05, 0.1) is 46.9 Å². The summed E-state index contributed by atoms with van der Waals surface area (Å²) in [6.07, 6.45) is 4.30. The highest BCUT2D eigenvalue weighted by Crippen LogP contribution is 2.38. The Morgan fingerprint density at radius 1 is 1.10 bits per heavy atom. The van der Waals surface area contributed by atoms with Crippen LogP contribution in [0, 0.1) is 0 Å². The molecule has 4 aromatic rings. The van der Waals surface area contributed by atoms with Gasteiger partial charge in [0.2, 0.25) is 11.9 Å². The van der Waals surface area contributed by atoms with Crippen molar-refractivity contribution in [3.63, 3.8) is 0 Å². The first-order valence-corrected chi connectivity index (χ1v) is 13.7. The second-order valence-corrected chi connectivity index (χ2v) is 10.2. The van der Waals surface area contributed by atoms with Gasteiger partial charge in [0.1, 0.15) is 11.6 Å². The number of thiazole rings is 1. The second kappa shape index (κ2) is 11.7. The fraction of sp³-hybridized carbons (Fsp3) is 0.321. The zero-order valence-corrected chi connectivity index (χ0v) is 23.0. The van der Waals surface area contributed by atoms with Gasteiger partial charge in [0, 0.05) is 50.4 Å². The molecule has 3 aromatic heterocycles. The van der Waals surface area contributed by atoms with Crippen LogP contribution in [0.25, 0.3) is 21.8 Å². The van der Waals surface area contributed by atoms with Crippen LogP contribution in [0.3, 0.4) is 0 Å². The van der Waals surface area contributed by atoms with Crippen molar-refractivity contribution in [2.45, 2.75) is 26.9 Å². The fourth-order valence-electron chi connectivity index (χ4n) is 4.48. The number of rotatable bonds is 8. The number of hydrogen-bond acceptors (Lipinski definition) is 10. The van der Waals surface area contributed by atoms with Gasteiger partial charge < -0.3 is 25.0 Å². The number of nitrogens with zero attached hydrogens (tertiary/aromatic N) is 6. The van der Waals surface area contributed by atoms with Gasteiger partial charge in [-0.15, -0.1) is 11.3 Å². The number of benzene rings is 1. The van der Waals surface area contributed by atoms with Crippen LogP contribution < -0.4 is 15.0 Å². The Morgan fingerprint density at radius 2 is 1.92 bits per heavy atom. The van der Waals surface area contributed by atoms with E-state index in [0.717, 1.165) is 63.4 Å². The van der Waals surface area contributed by atoms with E-state index in [9.17, 15) is 9.90 Å². The Kier molecular flexibility index (Phi) is 7.99. The van der Waals surface area contributed by atoms with E-state index in [4.69, 9.17) is 14.7 Å². The van der Waals surface area contributed by atoms with Crippen LogP contribution in [-0.2, 0) is 17.8 Å². The highest BCUT2D eigenvalue weighted by atomic mass is 32.1. The quantitative estimate of drug-likeness (QED) is 0.337. The lowest BCUT2D eigenvalue weighted by Gasteiger charge is -2.34. The smallest absolute Gasteiger partial charge is 0.227 e. The molecule has 1 aliphatic rings. The monoisotopic (exact) mass is 545 g/mol. The first-order chi connectivity index (χ1) is 19.0. The molecule has 2 N–H and O–H groups in total. The molecule has 0 unspecified atom stereocenters. The largest absolute Gasteiger partial charge is 0.496 e. The predicted octanol–water partition coefficient (Wildman–Crippen LogP) is 4.14. The number of anilines is 3. The summed E-state index contributed by atoms with van der Waals surface area (Å²) in [6.45, 7) is 6.52. The first kappa shape index (κ1) is 26.5. The van der Waals surface area contributed by atoms with E-state index >= 15 is 0 Å². The highest BCUT2D eigenvalue weighted by molar-refractivity contribution is 7.15. The molecular formula is C28H31N7O3S. The number of aliphatic hydroxyl groups is 1. The van der Waals surface area contributed by atoms with Crippen LogP contribution in [0.15, 0.2) is 48.8 Å². The van der Waals surface area contributed by atoms with E-state index in [-0.39, 0.29) is 12.5 Å². The topological polar surface area (TPSA) is 117 Å². The maximum atomic E-state index is 11.6. The van der Waals surface area contributed by atoms with Gasteiger partial charge in [-0.1, -0.05) is 19.1 Å². The third-order valence-electron chi connectivity index (χ3n) is 6.65. The number of amides is 1. The minimum absolute atomic E-state index is 0.0964. The van der Waals surface area contributed by atoms with Crippen LogP contribution in [0.2, 0.25) is 0 Å². The molecule has 0 radical (unpaired) electrons. The third kappa shape index (κ3) is 5.84. The third-order valence-corrected chi connectivity index (χ3v) is 7.87. The Hall–Kier alpha value is -4.09. The lowest BCUT2D eigenvalue weighted by molar-refractivity contribution is -0.129. The number of carbonyl (C=O) groups is 1. The van der Waals surface area contributed by atoms with Crippen LogP contribution in [0.1, 0.15) is 24.4 Å². The second-order valence-electron chi connectivity index (χ2n) is 9.11. The molecule has 0 spiro atoms. The van der Waals surface area contributed by atoms with Crippen molar-refractivity contribution in [2.24, 2.45) is 0 Å². The summed E-state index contributed by atoms with van der Waals surface area (Å²) in [4.78, 5) is 35.3. The van der Waals surface area contributed by atoms with Crippen molar-refractivity contribution < 1.29 is 14.6 Å². The Bertz CT molecular complexity index is 1450. The molecule has 1 aromatic carbocycles. The molecule has 1 amide bonds. The van der Waals surface area contributed by atoms with Crippen molar-refractivity contribution >= 4 is 34.7 Å². The average molecular weight is 546 g/mol. The molecule has 11 heteroatoms. The van der Waals surface area contributed by atoms with Gasteiger partial charge in [-0.25, -0.2) is 19.9 Å². The van der Waals surface area contributed by atoms with Crippen molar-refractivity contribution in [1.82, 2.24) is 24.8 Å². The zero-order valence-electron chi connectivity index (χ0n) is 22.2. The molecule has 1 aliphatic heterocycles. The molecule has 5 rings (SSSR count). The molecule has 1 fully saturated rings. The summed E-state index contributed by atoms with van der Waals surface area (Å²) < 4.78 is 5.48. The Morgan fingerprint density at radius 3 is 2.59 bits per heavy atom. The standard InChI is InChI=1S/C28H31N7O3S/c1-4-25-33-26(19-5-6-20(17-36)23(15-19)38-3)27(39-25)22-9-10-29-28(32-22)31-21-7-8-24(30-16-21)35-13-11-34(12-14-35)18(2)37/h5-10,15-16,36H,4,11-14,17H2,1-3H3,(H,29,31,32). The van der Waals surface area contributed by atoms with E-state index in [0.29, 0.717) is 24.8 Å². The molecular weight excluding hydrogens is 514 g/mol. The first-order valence-electron chi connectivity index (χ1n) is 12.8. The summed E-state index contributed by atoms with van der Waals surface area (Å²) in [5, 5.41) is 13.9. The van der Waals surface area contributed by atoms with Gasteiger partial charge in [0.25, 0.3) is 0 Å². The SMILES string of the molecule is CCc1nc(-c2ccc(CO)c(OC)c2)c(-c2ccnc(Nc3ccc(N4CCN(C(C)=O)CC4)nc3)n2)s1. The van der Waals surface area contributed by atoms with Gasteiger partial charge in [-0.2, -0.15) is 0 Å². The predicted molar refractivity (Wildman–Crippen MR) is 152 cm³/mol. The molecule has 0 bridgehead atoms. The van der Waals surface area contributed by atoms with Crippen molar-refractivity contribution in [1.29, 1.82) is 0 Å².